The maximum atomic E-state index is 12.7. The number of anilines is 1. The van der Waals surface area contributed by atoms with Crippen molar-refractivity contribution in [3.05, 3.63) is 59.7 Å². The van der Waals surface area contributed by atoms with Gasteiger partial charge in [0.2, 0.25) is 5.91 Å². The van der Waals surface area contributed by atoms with Gasteiger partial charge in [0.05, 0.1) is 11.3 Å². The maximum Gasteiger partial charge on any atom is 0.416 e. The number of nitrogens with zero attached hydrogens (tertiary/aromatic N) is 1. The lowest BCUT2D eigenvalue weighted by Crippen LogP contribution is -2.25. The molecule has 0 N–H and O–H groups in total. The number of hydrogen-bond acceptors (Lipinski definition) is 2. The molecule has 0 aromatic heterocycles. The molecule has 1 aliphatic rings. The Bertz CT molecular complexity index is 727. The lowest BCUT2D eigenvalue weighted by Gasteiger charge is -2.16. The summed E-state index contributed by atoms with van der Waals surface area (Å²) < 4.78 is 38.0. The number of para-hydroxylation sites is 1. The van der Waals surface area contributed by atoms with Crippen LogP contribution >= 0.6 is 11.8 Å². The fourth-order valence-electron chi connectivity index (χ4n) is 2.53. The summed E-state index contributed by atoms with van der Waals surface area (Å²) in [6, 6.07) is 12.6. The summed E-state index contributed by atoms with van der Waals surface area (Å²) in [6.45, 7) is 0. The molecule has 2 nitrogen and oxygen atoms in total. The first-order valence-electron chi connectivity index (χ1n) is 7.05. The number of carbonyl (C=O) groups excluding carboxylic acids is 1. The number of halogens is 3. The van der Waals surface area contributed by atoms with Gasteiger partial charge in [0, 0.05) is 23.6 Å². The smallest absolute Gasteiger partial charge is 0.314 e. The highest BCUT2D eigenvalue weighted by molar-refractivity contribution is 7.99. The average Bonchev–Trinajstić information content (AvgIpc) is 2.65. The number of hydrogen-bond donors (Lipinski definition) is 0. The second-order valence-electron chi connectivity index (χ2n) is 5.35. The van der Waals surface area contributed by atoms with Gasteiger partial charge in [-0.05, 0) is 29.8 Å². The van der Waals surface area contributed by atoms with Gasteiger partial charge in [-0.25, -0.2) is 0 Å². The Kier molecular flexibility index (Phi) is 4.10. The normalized spacial score (nSPS) is 18.5. The Labute approximate surface area is 136 Å². The molecule has 2 aromatic carbocycles. The van der Waals surface area contributed by atoms with E-state index < -0.39 is 11.7 Å². The molecule has 1 aliphatic heterocycles. The van der Waals surface area contributed by atoms with Crippen LogP contribution in [0.3, 0.4) is 0 Å². The van der Waals surface area contributed by atoms with E-state index in [1.165, 1.54) is 23.9 Å². The fourth-order valence-corrected chi connectivity index (χ4v) is 3.84. The number of carbonyl (C=O) groups is 1. The summed E-state index contributed by atoms with van der Waals surface area (Å²) in [7, 11) is 1.72. The molecule has 0 saturated carbocycles. The van der Waals surface area contributed by atoms with Crippen molar-refractivity contribution in [1.82, 2.24) is 0 Å². The summed E-state index contributed by atoms with van der Waals surface area (Å²) in [6.07, 6.45) is -4.10. The third-order valence-electron chi connectivity index (χ3n) is 3.84. The van der Waals surface area contributed by atoms with Crippen molar-refractivity contribution in [1.29, 1.82) is 0 Å². The minimum atomic E-state index is -4.35. The van der Waals surface area contributed by atoms with Crippen LogP contribution in [-0.2, 0) is 11.0 Å². The standard InChI is InChI=1S/C17H14F3NOS/c1-21-13-4-2-3-5-14(13)23-15(10-16(21)22)11-6-8-12(9-7-11)17(18,19)20/h2-9,15H,10H2,1H3. The van der Waals surface area contributed by atoms with E-state index in [4.69, 9.17) is 0 Å². The highest BCUT2D eigenvalue weighted by Gasteiger charge is 2.31. The quantitative estimate of drug-likeness (QED) is 0.737. The van der Waals surface area contributed by atoms with E-state index in [2.05, 4.69) is 0 Å². The molecule has 0 spiro atoms. The van der Waals surface area contributed by atoms with Gasteiger partial charge in [-0.2, -0.15) is 13.2 Å². The third kappa shape index (κ3) is 3.22. The Morgan fingerprint density at radius 2 is 1.74 bits per heavy atom. The zero-order chi connectivity index (χ0) is 16.6. The van der Waals surface area contributed by atoms with Crippen molar-refractivity contribution in [2.45, 2.75) is 22.7 Å². The van der Waals surface area contributed by atoms with Crippen LogP contribution in [0.2, 0.25) is 0 Å². The lowest BCUT2D eigenvalue weighted by atomic mass is 10.1. The SMILES string of the molecule is CN1C(=O)CC(c2ccc(C(F)(F)F)cc2)Sc2ccccc21. The highest BCUT2D eigenvalue weighted by Crippen LogP contribution is 2.45. The van der Waals surface area contributed by atoms with Crippen LogP contribution in [0.15, 0.2) is 53.4 Å². The van der Waals surface area contributed by atoms with Crippen LogP contribution in [0.25, 0.3) is 0 Å². The second kappa shape index (κ2) is 5.92. The maximum absolute atomic E-state index is 12.7. The van der Waals surface area contributed by atoms with E-state index in [0.717, 1.165) is 28.3 Å². The molecular weight excluding hydrogens is 323 g/mol. The first kappa shape index (κ1) is 15.9. The Morgan fingerprint density at radius 3 is 2.39 bits per heavy atom. The van der Waals surface area contributed by atoms with Crippen molar-refractivity contribution >= 4 is 23.4 Å². The topological polar surface area (TPSA) is 20.3 Å². The molecule has 1 atom stereocenters. The third-order valence-corrected chi connectivity index (χ3v) is 5.16. The first-order valence-corrected chi connectivity index (χ1v) is 7.93. The first-order chi connectivity index (χ1) is 10.9. The van der Waals surface area contributed by atoms with Crippen LogP contribution < -0.4 is 4.90 Å². The van der Waals surface area contributed by atoms with Gasteiger partial charge in [-0.1, -0.05) is 24.3 Å². The Hall–Kier alpha value is -1.95. The monoisotopic (exact) mass is 337 g/mol. The number of fused-ring (bicyclic) bond motifs is 1. The van der Waals surface area contributed by atoms with Gasteiger partial charge in [0.15, 0.2) is 0 Å². The molecule has 120 valence electrons. The van der Waals surface area contributed by atoms with Crippen molar-refractivity contribution in [2.24, 2.45) is 0 Å². The largest absolute Gasteiger partial charge is 0.416 e. The molecule has 0 bridgehead atoms. The molecule has 0 radical (unpaired) electrons. The van der Waals surface area contributed by atoms with Gasteiger partial charge >= 0.3 is 6.18 Å². The Balaban J connectivity index is 1.93. The lowest BCUT2D eigenvalue weighted by molar-refractivity contribution is -0.137. The van der Waals surface area contributed by atoms with Crippen LogP contribution in [-0.4, -0.2) is 13.0 Å². The number of amides is 1. The molecule has 1 unspecified atom stereocenters. The Morgan fingerprint density at radius 1 is 1.09 bits per heavy atom. The number of rotatable bonds is 1. The summed E-state index contributed by atoms with van der Waals surface area (Å²) >= 11 is 1.51. The van der Waals surface area contributed by atoms with Gasteiger partial charge in [0.1, 0.15) is 0 Å². The predicted molar refractivity (Wildman–Crippen MR) is 84.5 cm³/mol. The summed E-state index contributed by atoms with van der Waals surface area (Å²) in [5, 5.41) is -0.198. The summed E-state index contributed by atoms with van der Waals surface area (Å²) in [5.74, 6) is -0.0488. The van der Waals surface area contributed by atoms with Crippen LogP contribution in [0, 0.1) is 0 Å². The molecule has 0 fully saturated rings. The fraction of sp³-hybridized carbons (Fsp3) is 0.235. The van der Waals surface area contributed by atoms with Crippen molar-refractivity contribution in [2.75, 3.05) is 11.9 Å². The molecular formula is C17H14F3NOS. The molecule has 3 rings (SSSR count). The molecule has 0 aliphatic carbocycles. The van der Waals surface area contributed by atoms with E-state index in [1.807, 2.05) is 24.3 Å². The minimum Gasteiger partial charge on any atom is -0.314 e. The van der Waals surface area contributed by atoms with Crippen molar-refractivity contribution in [3.63, 3.8) is 0 Å². The van der Waals surface area contributed by atoms with Crippen molar-refractivity contribution in [3.8, 4) is 0 Å². The summed E-state index contributed by atoms with van der Waals surface area (Å²) in [5.41, 5.74) is 0.877. The van der Waals surface area contributed by atoms with E-state index in [9.17, 15) is 18.0 Å². The van der Waals surface area contributed by atoms with Crippen molar-refractivity contribution < 1.29 is 18.0 Å². The van der Waals surface area contributed by atoms with Gasteiger partial charge in [-0.3, -0.25) is 4.79 Å². The molecule has 1 amide bonds. The second-order valence-corrected chi connectivity index (χ2v) is 6.60. The van der Waals surface area contributed by atoms with Gasteiger partial charge < -0.3 is 4.90 Å². The van der Waals surface area contributed by atoms with E-state index in [0.29, 0.717) is 0 Å². The number of alkyl halides is 3. The van der Waals surface area contributed by atoms with Gasteiger partial charge in [-0.15, -0.1) is 11.8 Å². The van der Waals surface area contributed by atoms with Crippen LogP contribution in [0.4, 0.5) is 18.9 Å². The molecule has 6 heteroatoms. The molecule has 2 aromatic rings. The zero-order valence-corrected chi connectivity index (χ0v) is 13.1. The number of benzene rings is 2. The van der Waals surface area contributed by atoms with Crippen LogP contribution in [0.1, 0.15) is 22.8 Å². The highest BCUT2D eigenvalue weighted by atomic mass is 32.2. The van der Waals surface area contributed by atoms with Gasteiger partial charge in [0.25, 0.3) is 0 Å². The molecule has 23 heavy (non-hydrogen) atoms. The number of thioether (sulfide) groups is 1. The zero-order valence-electron chi connectivity index (χ0n) is 12.3. The van der Waals surface area contributed by atoms with Crippen LogP contribution in [0.5, 0.6) is 0 Å². The molecule has 0 saturated heterocycles. The van der Waals surface area contributed by atoms with E-state index in [1.54, 1.807) is 11.9 Å². The van der Waals surface area contributed by atoms with E-state index in [-0.39, 0.29) is 17.6 Å². The summed E-state index contributed by atoms with van der Waals surface area (Å²) in [4.78, 5) is 14.9. The predicted octanol–water partition coefficient (Wildman–Crippen LogP) is 4.91. The average molecular weight is 337 g/mol. The molecule has 1 heterocycles. The minimum absolute atomic E-state index is 0.0488. The van der Waals surface area contributed by atoms with E-state index >= 15 is 0 Å².